The van der Waals surface area contributed by atoms with E-state index in [0.29, 0.717) is 6.54 Å². The minimum atomic E-state index is -0.0720. The van der Waals surface area contributed by atoms with Crippen LogP contribution in [0, 0.1) is 6.92 Å². The summed E-state index contributed by atoms with van der Waals surface area (Å²) in [5.74, 6) is 0. The van der Waals surface area contributed by atoms with E-state index in [1.807, 2.05) is 60.4 Å². The Morgan fingerprint density at radius 1 is 1.19 bits per heavy atom. The van der Waals surface area contributed by atoms with Crippen molar-refractivity contribution in [3.05, 3.63) is 64.9 Å². The second kappa shape index (κ2) is 7.84. The van der Waals surface area contributed by atoms with Crippen molar-refractivity contribution in [2.45, 2.75) is 32.4 Å². The van der Waals surface area contributed by atoms with Gasteiger partial charge in [0.2, 0.25) is 0 Å². The van der Waals surface area contributed by atoms with Gasteiger partial charge in [-0.1, -0.05) is 47.7 Å². The number of hydrogen-bond donors (Lipinski definition) is 1. The SMILES string of the molecule is Cc1cccc(C2CCCN2C(=O)NCc2nnc(-c3ccccc3)s2)n1. The van der Waals surface area contributed by atoms with E-state index in [-0.39, 0.29) is 12.1 Å². The molecule has 6 nitrogen and oxygen atoms in total. The predicted octanol–water partition coefficient (Wildman–Crippen LogP) is 3.96. The van der Waals surface area contributed by atoms with Crippen LogP contribution in [0.3, 0.4) is 0 Å². The third-order valence-corrected chi connectivity index (χ3v) is 5.62. The number of rotatable bonds is 4. The summed E-state index contributed by atoms with van der Waals surface area (Å²) in [6, 6.07) is 15.9. The lowest BCUT2D eigenvalue weighted by Crippen LogP contribution is -2.39. The lowest BCUT2D eigenvalue weighted by Gasteiger charge is -2.24. The molecule has 1 unspecified atom stereocenters. The number of benzene rings is 1. The van der Waals surface area contributed by atoms with Gasteiger partial charge in [0.15, 0.2) is 0 Å². The Bertz CT molecular complexity index is 927. The molecule has 1 fully saturated rings. The van der Waals surface area contributed by atoms with Gasteiger partial charge in [-0.2, -0.15) is 0 Å². The van der Waals surface area contributed by atoms with Crippen molar-refractivity contribution in [1.82, 2.24) is 25.4 Å². The topological polar surface area (TPSA) is 71.0 Å². The molecule has 27 heavy (non-hydrogen) atoms. The van der Waals surface area contributed by atoms with Gasteiger partial charge < -0.3 is 10.2 Å². The van der Waals surface area contributed by atoms with Crippen LogP contribution in [0.15, 0.2) is 48.5 Å². The fraction of sp³-hybridized carbons (Fsp3) is 0.300. The molecule has 1 saturated heterocycles. The highest BCUT2D eigenvalue weighted by molar-refractivity contribution is 7.14. The van der Waals surface area contributed by atoms with Crippen molar-refractivity contribution in [2.24, 2.45) is 0 Å². The van der Waals surface area contributed by atoms with Crippen LogP contribution in [0.25, 0.3) is 10.6 Å². The van der Waals surface area contributed by atoms with Gasteiger partial charge >= 0.3 is 6.03 Å². The minimum absolute atomic E-state index is 0.0409. The van der Waals surface area contributed by atoms with Gasteiger partial charge in [0.1, 0.15) is 10.0 Å². The normalized spacial score (nSPS) is 16.5. The Morgan fingerprint density at radius 3 is 2.85 bits per heavy atom. The smallest absolute Gasteiger partial charge is 0.318 e. The van der Waals surface area contributed by atoms with E-state index in [0.717, 1.165) is 46.4 Å². The number of likely N-dealkylation sites (tertiary alicyclic amines) is 1. The highest BCUT2D eigenvalue weighted by Gasteiger charge is 2.30. The number of carbonyl (C=O) groups excluding carboxylic acids is 1. The predicted molar refractivity (Wildman–Crippen MR) is 105 cm³/mol. The molecule has 1 aliphatic rings. The van der Waals surface area contributed by atoms with Crippen molar-refractivity contribution < 1.29 is 4.79 Å². The second-order valence-corrected chi connectivity index (χ2v) is 7.64. The molecule has 0 bridgehead atoms. The molecule has 2 amide bonds. The van der Waals surface area contributed by atoms with Gasteiger partial charge in [0.05, 0.1) is 18.3 Å². The summed E-state index contributed by atoms with van der Waals surface area (Å²) in [5, 5.41) is 13.1. The Labute approximate surface area is 162 Å². The summed E-state index contributed by atoms with van der Waals surface area (Å²) in [4.78, 5) is 19.2. The molecule has 3 heterocycles. The molecule has 4 rings (SSSR count). The average molecular weight is 379 g/mol. The second-order valence-electron chi connectivity index (χ2n) is 6.58. The molecule has 0 aliphatic carbocycles. The molecule has 1 N–H and O–H groups in total. The van der Waals surface area contributed by atoms with Crippen LogP contribution in [0.2, 0.25) is 0 Å². The van der Waals surface area contributed by atoms with E-state index in [2.05, 4.69) is 20.5 Å². The maximum Gasteiger partial charge on any atom is 0.318 e. The van der Waals surface area contributed by atoms with E-state index in [4.69, 9.17) is 0 Å². The Hall–Kier alpha value is -2.80. The van der Waals surface area contributed by atoms with Crippen molar-refractivity contribution in [3.8, 4) is 10.6 Å². The number of urea groups is 1. The number of nitrogens with one attached hydrogen (secondary N) is 1. The first-order valence-corrected chi connectivity index (χ1v) is 9.88. The van der Waals surface area contributed by atoms with Crippen LogP contribution in [-0.4, -0.2) is 32.7 Å². The highest BCUT2D eigenvalue weighted by Crippen LogP contribution is 2.31. The lowest BCUT2D eigenvalue weighted by atomic mass is 10.1. The van der Waals surface area contributed by atoms with Gasteiger partial charge in [-0.25, -0.2) is 4.79 Å². The van der Waals surface area contributed by atoms with E-state index >= 15 is 0 Å². The fourth-order valence-electron chi connectivity index (χ4n) is 3.34. The van der Waals surface area contributed by atoms with Crippen molar-refractivity contribution >= 4 is 17.4 Å². The van der Waals surface area contributed by atoms with E-state index < -0.39 is 0 Å². The zero-order valence-electron chi connectivity index (χ0n) is 15.1. The zero-order valence-corrected chi connectivity index (χ0v) is 15.9. The first kappa shape index (κ1) is 17.6. The molecule has 138 valence electrons. The summed E-state index contributed by atoms with van der Waals surface area (Å²) < 4.78 is 0. The van der Waals surface area contributed by atoms with Gasteiger partial charge in [-0.15, -0.1) is 10.2 Å². The van der Waals surface area contributed by atoms with E-state index in [9.17, 15) is 4.79 Å². The largest absolute Gasteiger partial charge is 0.331 e. The van der Waals surface area contributed by atoms with Crippen molar-refractivity contribution in [3.63, 3.8) is 0 Å². The number of amides is 2. The monoisotopic (exact) mass is 379 g/mol. The number of pyridine rings is 1. The maximum absolute atomic E-state index is 12.7. The quantitative estimate of drug-likeness (QED) is 0.745. The minimum Gasteiger partial charge on any atom is -0.331 e. The molecule has 0 saturated carbocycles. The van der Waals surface area contributed by atoms with Crippen LogP contribution in [0.1, 0.15) is 35.3 Å². The molecule has 1 atom stereocenters. The first-order valence-electron chi connectivity index (χ1n) is 9.06. The summed E-state index contributed by atoms with van der Waals surface area (Å²) in [7, 11) is 0. The Kier molecular flexibility index (Phi) is 5.11. The fourth-order valence-corrected chi connectivity index (χ4v) is 4.13. The third-order valence-electron chi connectivity index (χ3n) is 4.64. The molecule has 0 radical (unpaired) electrons. The van der Waals surface area contributed by atoms with Gasteiger partial charge in [0, 0.05) is 17.8 Å². The van der Waals surface area contributed by atoms with Gasteiger partial charge in [0.25, 0.3) is 0 Å². The van der Waals surface area contributed by atoms with Gasteiger partial charge in [-0.3, -0.25) is 4.98 Å². The maximum atomic E-state index is 12.7. The number of nitrogens with zero attached hydrogens (tertiary/aromatic N) is 4. The van der Waals surface area contributed by atoms with Gasteiger partial charge in [-0.05, 0) is 31.9 Å². The van der Waals surface area contributed by atoms with Crippen LogP contribution in [0.4, 0.5) is 4.79 Å². The average Bonchev–Trinajstić information content (AvgIpc) is 3.36. The highest BCUT2D eigenvalue weighted by atomic mass is 32.1. The van der Waals surface area contributed by atoms with E-state index in [1.165, 1.54) is 11.3 Å². The van der Waals surface area contributed by atoms with Crippen LogP contribution in [0.5, 0.6) is 0 Å². The van der Waals surface area contributed by atoms with Crippen molar-refractivity contribution in [1.29, 1.82) is 0 Å². The Morgan fingerprint density at radius 2 is 2.04 bits per heavy atom. The van der Waals surface area contributed by atoms with Crippen LogP contribution < -0.4 is 5.32 Å². The third kappa shape index (κ3) is 3.98. The van der Waals surface area contributed by atoms with Crippen molar-refractivity contribution in [2.75, 3.05) is 6.54 Å². The molecular weight excluding hydrogens is 358 g/mol. The summed E-state index contributed by atoms with van der Waals surface area (Å²) in [6.45, 7) is 3.11. The lowest BCUT2D eigenvalue weighted by molar-refractivity contribution is 0.191. The number of aryl methyl sites for hydroxylation is 1. The molecule has 3 aromatic rings. The molecule has 1 aliphatic heterocycles. The van der Waals surface area contributed by atoms with E-state index in [1.54, 1.807) is 0 Å². The summed E-state index contributed by atoms with van der Waals surface area (Å²) in [5.41, 5.74) is 2.98. The number of carbonyl (C=O) groups is 1. The number of hydrogen-bond acceptors (Lipinski definition) is 5. The molecule has 1 aromatic carbocycles. The first-order chi connectivity index (χ1) is 13.2. The van der Waals surface area contributed by atoms with Crippen LogP contribution in [-0.2, 0) is 6.54 Å². The zero-order chi connectivity index (χ0) is 18.6. The summed E-state index contributed by atoms with van der Waals surface area (Å²) in [6.07, 6.45) is 1.94. The number of aromatic nitrogens is 3. The van der Waals surface area contributed by atoms with Crippen LogP contribution >= 0.6 is 11.3 Å². The molecule has 0 spiro atoms. The Balaban J connectivity index is 1.40. The molecular formula is C20H21N5OS. The standard InChI is InChI=1S/C20H21N5OS/c1-14-7-5-10-16(22-14)17-11-6-12-25(17)20(26)21-13-18-23-24-19(27-18)15-8-3-2-4-9-15/h2-5,7-10,17H,6,11-13H2,1H3,(H,21,26). The summed E-state index contributed by atoms with van der Waals surface area (Å²) >= 11 is 1.50. The molecule has 7 heteroatoms. The molecule has 2 aromatic heterocycles.